The number of fused-ring (bicyclic) bond motifs is 3. The number of thioether (sulfide) groups is 1. The van der Waals surface area contributed by atoms with Gasteiger partial charge in [0.25, 0.3) is 5.69 Å². The first-order valence-corrected chi connectivity index (χ1v) is 12.6. The normalized spacial score (nSPS) is 24.7. The number of alkyl halides is 1. The van der Waals surface area contributed by atoms with E-state index >= 15 is 0 Å². The van der Waals surface area contributed by atoms with Crippen LogP contribution in [0.5, 0.6) is 0 Å². The van der Waals surface area contributed by atoms with Gasteiger partial charge in [-0.25, -0.2) is 4.39 Å². The molecule has 1 fully saturated rings. The summed E-state index contributed by atoms with van der Waals surface area (Å²) in [6, 6.07) is 18.7. The Kier molecular flexibility index (Phi) is 6.42. The van der Waals surface area contributed by atoms with E-state index in [4.69, 9.17) is 11.6 Å². The number of halogens is 2. The standard InChI is InChI=1S/C26H23ClFN3O3S/c1-14(32)29-15-10-11-20-17(12-15)24-18(26(30-20)16-6-2-3-7-19(16)28)13-23(25(24)27)35-22-9-5-4-8-21(22)31(33)34/h2-12,18,23-26,30H,13H2,1H3,(H,29,32)/t18-,23-,24+,25-,26-/m1/s1. The summed E-state index contributed by atoms with van der Waals surface area (Å²) in [5.41, 5.74) is 3.09. The number of benzene rings is 3. The van der Waals surface area contributed by atoms with Crippen molar-refractivity contribution in [3.05, 3.63) is 93.8 Å². The lowest BCUT2D eigenvalue weighted by Gasteiger charge is -2.38. The first-order valence-electron chi connectivity index (χ1n) is 11.3. The molecule has 6 nitrogen and oxygen atoms in total. The summed E-state index contributed by atoms with van der Waals surface area (Å²) in [6.07, 6.45) is 0.644. The van der Waals surface area contributed by atoms with Crippen molar-refractivity contribution in [1.29, 1.82) is 0 Å². The minimum absolute atomic E-state index is 0.0465. The van der Waals surface area contributed by atoms with E-state index in [-0.39, 0.29) is 50.8 Å². The number of hydrogen-bond acceptors (Lipinski definition) is 5. The van der Waals surface area contributed by atoms with E-state index < -0.39 is 0 Å². The highest BCUT2D eigenvalue weighted by Gasteiger charge is 2.50. The SMILES string of the molecule is CC(=O)Nc1ccc2c(c1)[C@@H]1[C@H](Cl)[C@H](Sc3ccccc3[N+](=O)[O-])C[C@H]1[C@@H](c1ccccc1F)N2. The highest BCUT2D eigenvalue weighted by Crippen LogP contribution is 2.58. The van der Waals surface area contributed by atoms with Crippen LogP contribution in [0.15, 0.2) is 71.6 Å². The van der Waals surface area contributed by atoms with Gasteiger partial charge in [0, 0.05) is 41.1 Å². The van der Waals surface area contributed by atoms with Gasteiger partial charge in [0.15, 0.2) is 0 Å². The summed E-state index contributed by atoms with van der Waals surface area (Å²) in [5.74, 6) is -0.641. The molecule has 0 spiro atoms. The number of anilines is 2. The number of nitrogens with zero attached hydrogens (tertiary/aromatic N) is 1. The largest absolute Gasteiger partial charge is 0.378 e. The van der Waals surface area contributed by atoms with Crippen LogP contribution in [-0.4, -0.2) is 21.5 Å². The average molecular weight is 512 g/mol. The van der Waals surface area contributed by atoms with Gasteiger partial charge in [-0.1, -0.05) is 30.3 Å². The number of hydrogen-bond donors (Lipinski definition) is 2. The van der Waals surface area contributed by atoms with Gasteiger partial charge in [0.1, 0.15) is 5.82 Å². The highest BCUT2D eigenvalue weighted by atomic mass is 35.5. The molecule has 1 amide bonds. The molecule has 35 heavy (non-hydrogen) atoms. The van der Waals surface area contributed by atoms with Crippen molar-refractivity contribution in [2.24, 2.45) is 5.92 Å². The molecular weight excluding hydrogens is 489 g/mol. The number of carbonyl (C=O) groups excluding carboxylic acids is 1. The molecule has 1 aliphatic heterocycles. The zero-order chi connectivity index (χ0) is 24.7. The predicted molar refractivity (Wildman–Crippen MR) is 137 cm³/mol. The van der Waals surface area contributed by atoms with E-state index in [0.29, 0.717) is 22.6 Å². The summed E-state index contributed by atoms with van der Waals surface area (Å²) in [5, 5.41) is 17.4. The van der Waals surface area contributed by atoms with E-state index in [1.54, 1.807) is 30.3 Å². The Labute approximate surface area is 211 Å². The van der Waals surface area contributed by atoms with E-state index in [1.165, 1.54) is 30.8 Å². The third kappa shape index (κ3) is 4.48. The van der Waals surface area contributed by atoms with E-state index in [0.717, 1.165) is 11.3 Å². The minimum atomic E-state index is -0.383. The molecule has 5 atom stereocenters. The van der Waals surface area contributed by atoms with Crippen LogP contribution in [0.3, 0.4) is 0 Å². The molecule has 0 saturated heterocycles. The lowest BCUT2D eigenvalue weighted by Crippen LogP contribution is -2.31. The zero-order valence-electron chi connectivity index (χ0n) is 18.8. The maximum absolute atomic E-state index is 14.9. The van der Waals surface area contributed by atoms with Crippen molar-refractivity contribution in [2.45, 2.75) is 40.8 Å². The molecule has 1 saturated carbocycles. The van der Waals surface area contributed by atoms with Crippen molar-refractivity contribution in [2.75, 3.05) is 10.6 Å². The molecule has 5 rings (SSSR count). The van der Waals surface area contributed by atoms with Gasteiger partial charge < -0.3 is 10.6 Å². The molecule has 9 heteroatoms. The fraction of sp³-hybridized carbons (Fsp3) is 0.269. The van der Waals surface area contributed by atoms with Gasteiger partial charge in [-0.05, 0) is 48.2 Å². The maximum Gasteiger partial charge on any atom is 0.282 e. The second kappa shape index (κ2) is 9.51. The Morgan fingerprint density at radius 2 is 1.89 bits per heavy atom. The zero-order valence-corrected chi connectivity index (χ0v) is 20.4. The third-order valence-electron chi connectivity index (χ3n) is 6.71. The van der Waals surface area contributed by atoms with Gasteiger partial charge >= 0.3 is 0 Å². The Morgan fingerprint density at radius 3 is 2.63 bits per heavy atom. The summed E-state index contributed by atoms with van der Waals surface area (Å²) in [6.45, 7) is 1.45. The molecule has 3 aromatic rings. The molecule has 0 radical (unpaired) electrons. The van der Waals surface area contributed by atoms with Crippen LogP contribution >= 0.6 is 23.4 Å². The molecule has 0 bridgehead atoms. The summed E-state index contributed by atoms with van der Waals surface area (Å²) in [7, 11) is 0. The van der Waals surface area contributed by atoms with Crippen molar-refractivity contribution < 1.29 is 14.1 Å². The number of para-hydroxylation sites is 1. The fourth-order valence-electron chi connectivity index (χ4n) is 5.30. The van der Waals surface area contributed by atoms with E-state index in [9.17, 15) is 19.3 Å². The molecule has 3 aromatic carbocycles. The average Bonchev–Trinajstić information content (AvgIpc) is 3.15. The Balaban J connectivity index is 1.56. The van der Waals surface area contributed by atoms with Crippen LogP contribution in [0.25, 0.3) is 0 Å². The van der Waals surface area contributed by atoms with Crippen LogP contribution in [0, 0.1) is 21.8 Å². The first-order chi connectivity index (χ1) is 16.8. The Hall–Kier alpha value is -3.10. The van der Waals surface area contributed by atoms with Gasteiger partial charge in [-0.15, -0.1) is 23.4 Å². The number of nitro groups is 1. The quantitative estimate of drug-likeness (QED) is 0.225. The molecule has 2 aliphatic rings. The fourth-order valence-corrected chi connectivity index (χ4v) is 7.25. The number of nitrogens with one attached hydrogen (secondary N) is 2. The Morgan fingerprint density at radius 1 is 1.14 bits per heavy atom. The number of amides is 1. The third-order valence-corrected chi connectivity index (χ3v) is 8.83. The van der Waals surface area contributed by atoms with Crippen LogP contribution in [-0.2, 0) is 4.79 Å². The Bertz CT molecular complexity index is 1310. The molecule has 1 aliphatic carbocycles. The number of nitro benzene ring substituents is 1. The van der Waals surface area contributed by atoms with Crippen molar-refractivity contribution in [3.8, 4) is 0 Å². The maximum atomic E-state index is 14.9. The summed E-state index contributed by atoms with van der Waals surface area (Å²) in [4.78, 5) is 23.4. The summed E-state index contributed by atoms with van der Waals surface area (Å²) >= 11 is 8.52. The lowest BCUT2D eigenvalue weighted by molar-refractivity contribution is -0.387. The monoisotopic (exact) mass is 511 g/mol. The molecule has 180 valence electrons. The molecule has 1 heterocycles. The smallest absolute Gasteiger partial charge is 0.282 e. The number of rotatable bonds is 5. The van der Waals surface area contributed by atoms with Crippen LogP contribution in [0.4, 0.5) is 21.5 Å². The molecule has 2 N–H and O–H groups in total. The predicted octanol–water partition coefficient (Wildman–Crippen LogP) is 6.73. The van der Waals surface area contributed by atoms with Gasteiger partial charge in [-0.3, -0.25) is 14.9 Å². The lowest BCUT2D eigenvalue weighted by atomic mass is 9.77. The number of carbonyl (C=O) groups is 1. The van der Waals surface area contributed by atoms with Crippen LogP contribution in [0.2, 0.25) is 0 Å². The van der Waals surface area contributed by atoms with E-state index in [2.05, 4.69) is 10.6 Å². The first kappa shape index (κ1) is 23.6. The second-order valence-electron chi connectivity index (χ2n) is 8.88. The minimum Gasteiger partial charge on any atom is -0.378 e. The van der Waals surface area contributed by atoms with Gasteiger partial charge in [0.2, 0.25) is 5.91 Å². The van der Waals surface area contributed by atoms with Crippen molar-refractivity contribution in [1.82, 2.24) is 0 Å². The van der Waals surface area contributed by atoms with Crippen molar-refractivity contribution in [3.63, 3.8) is 0 Å². The summed E-state index contributed by atoms with van der Waals surface area (Å²) < 4.78 is 14.9. The van der Waals surface area contributed by atoms with Crippen LogP contribution in [0.1, 0.15) is 36.4 Å². The topological polar surface area (TPSA) is 84.3 Å². The van der Waals surface area contributed by atoms with Crippen molar-refractivity contribution >= 4 is 46.3 Å². The van der Waals surface area contributed by atoms with Crippen LogP contribution < -0.4 is 10.6 Å². The van der Waals surface area contributed by atoms with Gasteiger partial charge in [-0.2, -0.15) is 0 Å². The highest BCUT2D eigenvalue weighted by molar-refractivity contribution is 8.00. The molecule has 0 aromatic heterocycles. The van der Waals surface area contributed by atoms with Gasteiger partial charge in [0.05, 0.1) is 21.2 Å². The molecule has 0 unspecified atom stereocenters. The van der Waals surface area contributed by atoms with E-state index in [1.807, 2.05) is 24.3 Å². The molecular formula is C26H23ClFN3O3S. The second-order valence-corrected chi connectivity index (χ2v) is 10.7.